The maximum absolute atomic E-state index is 9.76. The molecule has 1 heterocycles. The van der Waals surface area contributed by atoms with E-state index in [0.717, 1.165) is 66.8 Å². The Morgan fingerprint density at radius 2 is 1.96 bits per heavy atom. The molecule has 1 saturated heterocycles. The third-order valence-corrected chi connectivity index (χ3v) is 5.63. The van der Waals surface area contributed by atoms with Crippen LogP contribution in [0.4, 0.5) is 5.69 Å². The Morgan fingerprint density at radius 3 is 2.70 bits per heavy atom. The first-order chi connectivity index (χ1) is 13.2. The molecule has 1 aliphatic heterocycles. The second kappa shape index (κ2) is 9.45. The summed E-state index contributed by atoms with van der Waals surface area (Å²) in [5.41, 5.74) is 4.11. The number of anilines is 1. The van der Waals surface area contributed by atoms with Crippen LogP contribution in [0, 0.1) is 0 Å². The van der Waals surface area contributed by atoms with Gasteiger partial charge in [0.25, 0.3) is 0 Å². The highest BCUT2D eigenvalue weighted by atomic mass is 35.5. The Hall–Kier alpha value is -1.75. The number of ether oxygens (including phenoxy) is 1. The van der Waals surface area contributed by atoms with Crippen molar-refractivity contribution in [2.75, 3.05) is 31.8 Å². The standard InChI is InChI=1S/C22H28ClNO3/c1-27-22-10-7-16(5-4-12-25)13-20(22)19-14-17(8-9-21(19)23)24-11-3-2-6-18(24)15-26/h7-10,13-14,18,25-26H,2-6,11-12,15H2,1H3. The van der Waals surface area contributed by atoms with Crippen LogP contribution >= 0.6 is 11.6 Å². The SMILES string of the molecule is COc1ccc(CCCO)cc1-c1cc(N2CCCCC2CO)ccc1Cl. The van der Waals surface area contributed by atoms with E-state index in [4.69, 9.17) is 21.4 Å². The number of piperidine rings is 1. The molecule has 2 N–H and O–H groups in total. The van der Waals surface area contributed by atoms with E-state index in [1.807, 2.05) is 24.3 Å². The summed E-state index contributed by atoms with van der Waals surface area (Å²) < 4.78 is 5.58. The largest absolute Gasteiger partial charge is 0.496 e. The van der Waals surface area contributed by atoms with Crippen molar-refractivity contribution in [3.63, 3.8) is 0 Å². The summed E-state index contributed by atoms with van der Waals surface area (Å²) in [4.78, 5) is 2.28. The van der Waals surface area contributed by atoms with E-state index < -0.39 is 0 Å². The fourth-order valence-corrected chi connectivity index (χ4v) is 4.05. The lowest BCUT2D eigenvalue weighted by molar-refractivity contribution is 0.240. The Bertz CT molecular complexity index is 765. The summed E-state index contributed by atoms with van der Waals surface area (Å²) in [6, 6.07) is 12.3. The summed E-state index contributed by atoms with van der Waals surface area (Å²) in [6.07, 6.45) is 4.83. The Balaban J connectivity index is 2.01. The zero-order chi connectivity index (χ0) is 19.2. The average Bonchev–Trinajstić information content (AvgIpc) is 2.72. The minimum atomic E-state index is 0.158. The van der Waals surface area contributed by atoms with Gasteiger partial charge in [-0.1, -0.05) is 17.7 Å². The van der Waals surface area contributed by atoms with Gasteiger partial charge in [-0.3, -0.25) is 0 Å². The van der Waals surface area contributed by atoms with Gasteiger partial charge in [0.15, 0.2) is 0 Å². The van der Waals surface area contributed by atoms with Gasteiger partial charge < -0.3 is 19.8 Å². The van der Waals surface area contributed by atoms with E-state index in [9.17, 15) is 5.11 Å². The van der Waals surface area contributed by atoms with E-state index in [2.05, 4.69) is 17.0 Å². The van der Waals surface area contributed by atoms with Gasteiger partial charge in [-0.15, -0.1) is 0 Å². The lowest BCUT2D eigenvalue weighted by Gasteiger charge is -2.36. The van der Waals surface area contributed by atoms with Gasteiger partial charge in [-0.2, -0.15) is 0 Å². The van der Waals surface area contributed by atoms with E-state index in [0.29, 0.717) is 5.02 Å². The molecule has 0 aromatic heterocycles. The molecule has 0 saturated carbocycles. The molecule has 5 heteroatoms. The molecule has 0 bridgehead atoms. The number of aryl methyl sites for hydroxylation is 1. The minimum Gasteiger partial charge on any atom is -0.496 e. The summed E-state index contributed by atoms with van der Waals surface area (Å²) in [5.74, 6) is 0.777. The first-order valence-corrected chi connectivity index (χ1v) is 10.0. The molecule has 0 amide bonds. The van der Waals surface area contributed by atoms with Crippen LogP contribution in [-0.4, -0.2) is 43.1 Å². The first-order valence-electron chi connectivity index (χ1n) is 9.63. The molecule has 27 heavy (non-hydrogen) atoms. The number of aliphatic hydroxyl groups excluding tert-OH is 2. The second-order valence-electron chi connectivity index (χ2n) is 7.05. The predicted octanol–water partition coefficient (Wildman–Crippen LogP) is 4.29. The summed E-state index contributed by atoms with van der Waals surface area (Å²) >= 11 is 6.56. The minimum absolute atomic E-state index is 0.158. The number of halogens is 1. The molecule has 2 aromatic rings. The quantitative estimate of drug-likeness (QED) is 0.741. The number of hydrogen-bond donors (Lipinski definition) is 2. The van der Waals surface area contributed by atoms with Crippen LogP contribution in [0.15, 0.2) is 36.4 Å². The number of benzene rings is 2. The van der Waals surface area contributed by atoms with Crippen molar-refractivity contribution in [1.82, 2.24) is 0 Å². The highest BCUT2D eigenvalue weighted by Crippen LogP contribution is 2.39. The van der Waals surface area contributed by atoms with Crippen molar-refractivity contribution in [3.05, 3.63) is 47.0 Å². The molecule has 2 aromatic carbocycles. The number of methoxy groups -OCH3 is 1. The van der Waals surface area contributed by atoms with Crippen LogP contribution in [0.2, 0.25) is 5.02 Å². The molecule has 146 valence electrons. The van der Waals surface area contributed by atoms with Crippen molar-refractivity contribution in [3.8, 4) is 16.9 Å². The van der Waals surface area contributed by atoms with E-state index in [1.165, 1.54) is 0 Å². The first kappa shape index (κ1) is 20.0. The van der Waals surface area contributed by atoms with Crippen molar-refractivity contribution >= 4 is 17.3 Å². The fraction of sp³-hybridized carbons (Fsp3) is 0.455. The zero-order valence-corrected chi connectivity index (χ0v) is 16.6. The molecule has 3 rings (SSSR count). The number of hydrogen-bond acceptors (Lipinski definition) is 4. The average molecular weight is 390 g/mol. The normalized spacial score (nSPS) is 17.2. The monoisotopic (exact) mass is 389 g/mol. The second-order valence-corrected chi connectivity index (χ2v) is 7.46. The molecular weight excluding hydrogens is 362 g/mol. The Labute approximate surface area is 166 Å². The number of aliphatic hydroxyl groups is 2. The molecule has 1 unspecified atom stereocenters. The van der Waals surface area contributed by atoms with Crippen LogP contribution in [-0.2, 0) is 6.42 Å². The summed E-state index contributed by atoms with van der Waals surface area (Å²) in [6.45, 7) is 1.28. The van der Waals surface area contributed by atoms with Crippen LogP contribution in [0.1, 0.15) is 31.2 Å². The predicted molar refractivity (Wildman–Crippen MR) is 111 cm³/mol. The summed E-state index contributed by atoms with van der Waals surface area (Å²) in [5, 5.41) is 19.5. The highest BCUT2D eigenvalue weighted by Gasteiger charge is 2.23. The molecule has 1 atom stereocenters. The molecule has 0 radical (unpaired) electrons. The number of rotatable bonds is 7. The number of nitrogens with zero attached hydrogens (tertiary/aromatic N) is 1. The van der Waals surface area contributed by atoms with Gasteiger partial charge in [-0.25, -0.2) is 0 Å². The van der Waals surface area contributed by atoms with Gasteiger partial charge in [0.1, 0.15) is 5.75 Å². The lowest BCUT2D eigenvalue weighted by atomic mass is 9.97. The van der Waals surface area contributed by atoms with Crippen LogP contribution < -0.4 is 9.64 Å². The van der Waals surface area contributed by atoms with Gasteiger partial charge in [0.2, 0.25) is 0 Å². The smallest absolute Gasteiger partial charge is 0.126 e. The maximum Gasteiger partial charge on any atom is 0.126 e. The Kier molecular flexibility index (Phi) is 7.00. The highest BCUT2D eigenvalue weighted by molar-refractivity contribution is 6.33. The van der Waals surface area contributed by atoms with Crippen molar-refractivity contribution in [2.45, 2.75) is 38.1 Å². The van der Waals surface area contributed by atoms with Gasteiger partial charge in [-0.05, 0) is 68.0 Å². The molecule has 1 aliphatic rings. The van der Waals surface area contributed by atoms with Crippen molar-refractivity contribution in [1.29, 1.82) is 0 Å². The van der Waals surface area contributed by atoms with Gasteiger partial charge in [0.05, 0.1) is 19.8 Å². The topological polar surface area (TPSA) is 52.9 Å². The molecular formula is C22H28ClNO3. The third kappa shape index (κ3) is 4.57. The molecule has 0 aliphatic carbocycles. The third-order valence-electron chi connectivity index (χ3n) is 5.30. The maximum atomic E-state index is 9.76. The van der Waals surface area contributed by atoms with Crippen LogP contribution in [0.3, 0.4) is 0 Å². The van der Waals surface area contributed by atoms with Crippen LogP contribution in [0.5, 0.6) is 5.75 Å². The van der Waals surface area contributed by atoms with Gasteiger partial charge in [0, 0.05) is 35.0 Å². The fourth-order valence-electron chi connectivity index (χ4n) is 3.83. The van der Waals surface area contributed by atoms with E-state index in [-0.39, 0.29) is 19.3 Å². The molecule has 1 fully saturated rings. The molecule has 0 spiro atoms. The van der Waals surface area contributed by atoms with Gasteiger partial charge >= 0.3 is 0 Å². The zero-order valence-electron chi connectivity index (χ0n) is 15.8. The Morgan fingerprint density at radius 1 is 1.11 bits per heavy atom. The molecule has 4 nitrogen and oxygen atoms in total. The van der Waals surface area contributed by atoms with E-state index >= 15 is 0 Å². The van der Waals surface area contributed by atoms with Crippen molar-refractivity contribution < 1.29 is 14.9 Å². The van der Waals surface area contributed by atoms with Crippen LogP contribution in [0.25, 0.3) is 11.1 Å². The lowest BCUT2D eigenvalue weighted by Crippen LogP contribution is -2.41. The summed E-state index contributed by atoms with van der Waals surface area (Å²) in [7, 11) is 1.66. The van der Waals surface area contributed by atoms with E-state index in [1.54, 1.807) is 7.11 Å². The van der Waals surface area contributed by atoms with Crippen molar-refractivity contribution in [2.24, 2.45) is 0 Å².